The second-order valence-electron chi connectivity index (χ2n) is 5.85. The summed E-state index contributed by atoms with van der Waals surface area (Å²) in [7, 11) is -3.64. The number of thiophene rings is 1. The monoisotopic (exact) mass is 395 g/mol. The van der Waals surface area contributed by atoms with Gasteiger partial charge in [-0.3, -0.25) is 20.4 Å². The van der Waals surface area contributed by atoms with Gasteiger partial charge < -0.3 is 0 Å². The number of hydrazine groups is 1. The maximum absolute atomic E-state index is 12.3. The van der Waals surface area contributed by atoms with Gasteiger partial charge in [-0.25, -0.2) is 13.1 Å². The van der Waals surface area contributed by atoms with Crippen LogP contribution in [-0.2, 0) is 21.2 Å². The molecule has 1 aromatic carbocycles. The summed E-state index contributed by atoms with van der Waals surface area (Å²) in [6, 6.07) is 9.36. The highest BCUT2D eigenvalue weighted by Crippen LogP contribution is 2.12. The molecule has 0 spiro atoms. The average molecular weight is 396 g/mol. The number of benzene rings is 1. The Morgan fingerprint density at radius 1 is 1.08 bits per heavy atom. The minimum absolute atomic E-state index is 0.0754. The fourth-order valence-electron chi connectivity index (χ4n) is 1.97. The van der Waals surface area contributed by atoms with Gasteiger partial charge in [0.1, 0.15) is 0 Å². The zero-order valence-corrected chi connectivity index (χ0v) is 16.1. The third kappa shape index (κ3) is 5.65. The van der Waals surface area contributed by atoms with Crippen molar-refractivity contribution in [3.8, 4) is 0 Å². The average Bonchev–Trinajstić information content (AvgIpc) is 3.12. The lowest BCUT2D eigenvalue weighted by Gasteiger charge is -2.10. The van der Waals surface area contributed by atoms with Crippen LogP contribution in [0.2, 0.25) is 0 Å². The second kappa shape index (κ2) is 8.93. The van der Waals surface area contributed by atoms with Gasteiger partial charge in [-0.15, -0.1) is 11.3 Å². The standard InChI is InChI=1S/C17H21N3O4S2/c1-12(2)16(21)19-20-17(22)13-5-7-15(8-6-13)26(23,24)18-10-9-14-4-3-11-25-14/h3-8,11-12,18H,9-10H2,1-2H3,(H,19,21)(H,20,22). The van der Waals surface area contributed by atoms with Crippen LogP contribution in [0.3, 0.4) is 0 Å². The summed E-state index contributed by atoms with van der Waals surface area (Å²) in [5, 5.41) is 1.94. The van der Waals surface area contributed by atoms with E-state index in [2.05, 4.69) is 15.6 Å². The van der Waals surface area contributed by atoms with E-state index < -0.39 is 15.9 Å². The van der Waals surface area contributed by atoms with Crippen molar-refractivity contribution in [2.24, 2.45) is 5.92 Å². The van der Waals surface area contributed by atoms with Crippen molar-refractivity contribution >= 4 is 33.2 Å². The minimum atomic E-state index is -3.64. The first-order valence-corrected chi connectivity index (χ1v) is 10.4. The molecular formula is C17H21N3O4S2. The van der Waals surface area contributed by atoms with E-state index in [9.17, 15) is 18.0 Å². The highest BCUT2D eigenvalue weighted by atomic mass is 32.2. The van der Waals surface area contributed by atoms with Crippen LogP contribution in [0.4, 0.5) is 0 Å². The van der Waals surface area contributed by atoms with E-state index >= 15 is 0 Å². The molecule has 0 fully saturated rings. The van der Waals surface area contributed by atoms with Gasteiger partial charge in [-0.05, 0) is 42.1 Å². The van der Waals surface area contributed by atoms with Gasteiger partial charge in [0.05, 0.1) is 4.90 Å². The third-order valence-electron chi connectivity index (χ3n) is 3.49. The summed E-state index contributed by atoms with van der Waals surface area (Å²) in [5.74, 6) is -1.09. The molecule has 0 saturated carbocycles. The molecule has 7 nitrogen and oxygen atoms in total. The van der Waals surface area contributed by atoms with Gasteiger partial charge in [0, 0.05) is 22.9 Å². The molecule has 0 aliphatic carbocycles. The van der Waals surface area contributed by atoms with Crippen molar-refractivity contribution in [1.29, 1.82) is 0 Å². The van der Waals surface area contributed by atoms with Crippen LogP contribution in [0.5, 0.6) is 0 Å². The van der Waals surface area contributed by atoms with Crippen LogP contribution in [-0.4, -0.2) is 26.8 Å². The van der Waals surface area contributed by atoms with Crippen molar-refractivity contribution < 1.29 is 18.0 Å². The number of hydrogen-bond acceptors (Lipinski definition) is 5. The van der Waals surface area contributed by atoms with Gasteiger partial charge in [0.15, 0.2) is 0 Å². The van der Waals surface area contributed by atoms with Crippen LogP contribution in [0.1, 0.15) is 29.1 Å². The van der Waals surface area contributed by atoms with E-state index in [-0.39, 0.29) is 22.3 Å². The Hall–Kier alpha value is -2.23. The van der Waals surface area contributed by atoms with E-state index in [0.717, 1.165) is 4.88 Å². The number of hydrogen-bond donors (Lipinski definition) is 3. The van der Waals surface area contributed by atoms with Gasteiger partial charge in [0.25, 0.3) is 5.91 Å². The maximum Gasteiger partial charge on any atom is 0.269 e. The van der Waals surface area contributed by atoms with Crippen molar-refractivity contribution in [2.45, 2.75) is 25.2 Å². The Bertz CT molecular complexity index is 845. The first kappa shape index (κ1) is 20.1. The van der Waals surface area contributed by atoms with E-state index in [1.54, 1.807) is 25.2 Å². The smallest absolute Gasteiger partial charge is 0.269 e. The normalized spacial score (nSPS) is 11.3. The lowest BCUT2D eigenvalue weighted by atomic mass is 10.2. The summed E-state index contributed by atoms with van der Waals surface area (Å²) >= 11 is 1.57. The lowest BCUT2D eigenvalue weighted by Crippen LogP contribution is -2.43. The molecule has 2 amide bonds. The SMILES string of the molecule is CC(C)C(=O)NNC(=O)c1ccc(S(=O)(=O)NCCc2cccs2)cc1. The molecule has 1 aromatic heterocycles. The highest BCUT2D eigenvalue weighted by Gasteiger charge is 2.15. The summed E-state index contributed by atoms with van der Waals surface area (Å²) in [6.45, 7) is 3.70. The van der Waals surface area contributed by atoms with Gasteiger partial charge in [-0.1, -0.05) is 19.9 Å². The Morgan fingerprint density at radius 3 is 2.35 bits per heavy atom. The first-order chi connectivity index (χ1) is 12.3. The molecule has 1 heterocycles. The Labute approximate surface area is 156 Å². The maximum atomic E-state index is 12.3. The van der Waals surface area contributed by atoms with Crippen LogP contribution in [0, 0.1) is 5.92 Å². The summed E-state index contributed by atoms with van der Waals surface area (Å²) in [5.41, 5.74) is 4.83. The van der Waals surface area contributed by atoms with Gasteiger partial charge in [0.2, 0.25) is 15.9 Å². The van der Waals surface area contributed by atoms with E-state index in [1.165, 1.54) is 24.3 Å². The Balaban J connectivity index is 1.92. The number of nitrogens with one attached hydrogen (secondary N) is 3. The summed E-state index contributed by atoms with van der Waals surface area (Å²) in [4.78, 5) is 24.6. The predicted molar refractivity (Wildman–Crippen MR) is 100 cm³/mol. The zero-order chi connectivity index (χ0) is 19.2. The molecule has 0 saturated heterocycles. The molecule has 0 aliphatic rings. The van der Waals surface area contributed by atoms with Crippen LogP contribution in [0.15, 0.2) is 46.7 Å². The molecule has 0 aliphatic heterocycles. The molecule has 0 unspecified atom stereocenters. The van der Waals surface area contributed by atoms with Crippen molar-refractivity contribution in [3.63, 3.8) is 0 Å². The largest absolute Gasteiger partial charge is 0.273 e. The molecule has 0 bridgehead atoms. The zero-order valence-electron chi connectivity index (χ0n) is 14.5. The number of sulfonamides is 1. The highest BCUT2D eigenvalue weighted by molar-refractivity contribution is 7.89. The van der Waals surface area contributed by atoms with Crippen LogP contribution >= 0.6 is 11.3 Å². The Kier molecular flexibility index (Phi) is 6.90. The topological polar surface area (TPSA) is 104 Å². The number of amides is 2. The molecule has 0 atom stereocenters. The molecule has 26 heavy (non-hydrogen) atoms. The Morgan fingerprint density at radius 2 is 1.77 bits per heavy atom. The molecular weight excluding hydrogens is 374 g/mol. The molecule has 3 N–H and O–H groups in total. The van der Waals surface area contributed by atoms with Crippen LogP contribution in [0.25, 0.3) is 0 Å². The quantitative estimate of drug-likeness (QED) is 0.621. The summed E-state index contributed by atoms with van der Waals surface area (Å²) < 4.78 is 27.1. The van der Waals surface area contributed by atoms with Gasteiger partial charge in [-0.2, -0.15) is 0 Å². The number of carbonyl (C=O) groups excluding carboxylic acids is 2. The number of rotatable bonds is 7. The van der Waals surface area contributed by atoms with Crippen LogP contribution < -0.4 is 15.6 Å². The third-order valence-corrected chi connectivity index (χ3v) is 5.91. The van der Waals surface area contributed by atoms with E-state index in [1.807, 2.05) is 17.5 Å². The fraction of sp³-hybridized carbons (Fsp3) is 0.294. The molecule has 2 aromatic rings. The van der Waals surface area contributed by atoms with E-state index in [4.69, 9.17) is 0 Å². The molecule has 140 valence electrons. The lowest BCUT2D eigenvalue weighted by molar-refractivity contribution is -0.124. The molecule has 9 heteroatoms. The summed E-state index contributed by atoms with van der Waals surface area (Å²) in [6.07, 6.45) is 0.618. The molecule has 2 rings (SSSR count). The van der Waals surface area contributed by atoms with Gasteiger partial charge >= 0.3 is 0 Å². The number of carbonyl (C=O) groups is 2. The van der Waals surface area contributed by atoms with Crippen molar-refractivity contribution in [3.05, 3.63) is 52.2 Å². The minimum Gasteiger partial charge on any atom is -0.273 e. The van der Waals surface area contributed by atoms with Crippen molar-refractivity contribution in [1.82, 2.24) is 15.6 Å². The fourth-order valence-corrected chi connectivity index (χ4v) is 3.71. The van der Waals surface area contributed by atoms with E-state index in [0.29, 0.717) is 13.0 Å². The molecule has 0 radical (unpaired) electrons. The second-order valence-corrected chi connectivity index (χ2v) is 8.65. The first-order valence-electron chi connectivity index (χ1n) is 8.02. The van der Waals surface area contributed by atoms with Crippen molar-refractivity contribution in [2.75, 3.05) is 6.54 Å². The predicted octanol–water partition coefficient (Wildman–Crippen LogP) is 1.69.